The average Bonchev–Trinajstić information content (AvgIpc) is 3.07. The summed E-state index contributed by atoms with van der Waals surface area (Å²) in [6.45, 7) is 1.91. The van der Waals surface area contributed by atoms with E-state index in [0.29, 0.717) is 13.1 Å². The standard InChI is InChI=1S/C11H19N3O2/c12-9-2-1-6-14(11(9)16)7-5-13-10(15)8-3-4-8/h8-9H,1-7,12H2,(H,13,15). The zero-order valence-corrected chi connectivity index (χ0v) is 9.45. The number of nitrogens with zero attached hydrogens (tertiary/aromatic N) is 1. The van der Waals surface area contributed by atoms with E-state index in [2.05, 4.69) is 5.32 Å². The highest BCUT2D eigenvalue weighted by molar-refractivity contribution is 5.83. The van der Waals surface area contributed by atoms with Crippen LogP contribution >= 0.6 is 0 Å². The van der Waals surface area contributed by atoms with Gasteiger partial charge in [-0.1, -0.05) is 0 Å². The van der Waals surface area contributed by atoms with Crippen molar-refractivity contribution in [3.8, 4) is 0 Å². The lowest BCUT2D eigenvalue weighted by Gasteiger charge is -2.30. The minimum absolute atomic E-state index is 0.0203. The molecule has 1 heterocycles. The first-order valence-corrected chi connectivity index (χ1v) is 6.00. The zero-order chi connectivity index (χ0) is 11.5. The van der Waals surface area contributed by atoms with Crippen molar-refractivity contribution >= 4 is 11.8 Å². The van der Waals surface area contributed by atoms with Gasteiger partial charge in [-0.25, -0.2) is 0 Å². The molecule has 1 saturated carbocycles. The quantitative estimate of drug-likeness (QED) is 0.675. The van der Waals surface area contributed by atoms with E-state index >= 15 is 0 Å². The van der Waals surface area contributed by atoms with Crippen LogP contribution in [0.4, 0.5) is 0 Å². The first-order chi connectivity index (χ1) is 7.68. The van der Waals surface area contributed by atoms with E-state index < -0.39 is 0 Å². The minimum atomic E-state index is -0.340. The van der Waals surface area contributed by atoms with Crippen LogP contribution in [0.5, 0.6) is 0 Å². The molecule has 1 atom stereocenters. The van der Waals surface area contributed by atoms with Crippen molar-refractivity contribution < 1.29 is 9.59 Å². The number of carbonyl (C=O) groups is 2. The Morgan fingerprint density at radius 1 is 1.44 bits per heavy atom. The summed E-state index contributed by atoms with van der Waals surface area (Å²) in [6, 6.07) is -0.340. The first kappa shape index (κ1) is 11.4. The van der Waals surface area contributed by atoms with Gasteiger partial charge in [0.2, 0.25) is 11.8 Å². The van der Waals surface area contributed by atoms with Crippen LogP contribution in [-0.2, 0) is 9.59 Å². The number of carbonyl (C=O) groups excluding carboxylic acids is 2. The van der Waals surface area contributed by atoms with Gasteiger partial charge < -0.3 is 16.0 Å². The van der Waals surface area contributed by atoms with Gasteiger partial charge in [0.1, 0.15) is 0 Å². The molecule has 1 unspecified atom stereocenters. The lowest BCUT2D eigenvalue weighted by molar-refractivity contribution is -0.135. The van der Waals surface area contributed by atoms with Crippen LogP contribution in [-0.4, -0.2) is 42.4 Å². The fourth-order valence-corrected chi connectivity index (χ4v) is 2.00. The molecule has 0 aromatic rings. The fourth-order valence-electron chi connectivity index (χ4n) is 2.00. The highest BCUT2D eigenvalue weighted by atomic mass is 16.2. The Balaban J connectivity index is 1.68. The van der Waals surface area contributed by atoms with E-state index in [1.165, 1.54) is 0 Å². The maximum Gasteiger partial charge on any atom is 0.239 e. The van der Waals surface area contributed by atoms with Crippen molar-refractivity contribution in [1.29, 1.82) is 0 Å². The molecule has 0 aromatic heterocycles. The van der Waals surface area contributed by atoms with Gasteiger partial charge in [0.15, 0.2) is 0 Å². The van der Waals surface area contributed by atoms with Crippen LogP contribution in [0, 0.1) is 5.92 Å². The maximum absolute atomic E-state index is 11.6. The Morgan fingerprint density at radius 2 is 2.19 bits per heavy atom. The molecule has 5 heteroatoms. The molecule has 90 valence electrons. The van der Waals surface area contributed by atoms with Crippen molar-refractivity contribution in [1.82, 2.24) is 10.2 Å². The second kappa shape index (κ2) is 4.82. The SMILES string of the molecule is NC1CCCN(CCNC(=O)C2CC2)C1=O. The number of likely N-dealkylation sites (tertiary alicyclic amines) is 1. The summed E-state index contributed by atoms with van der Waals surface area (Å²) in [5, 5.41) is 2.85. The van der Waals surface area contributed by atoms with E-state index in [1.807, 2.05) is 0 Å². The van der Waals surface area contributed by atoms with Crippen molar-refractivity contribution in [2.75, 3.05) is 19.6 Å². The van der Waals surface area contributed by atoms with E-state index in [0.717, 1.165) is 32.2 Å². The number of amides is 2. The van der Waals surface area contributed by atoms with Crippen molar-refractivity contribution in [3.05, 3.63) is 0 Å². The van der Waals surface area contributed by atoms with Crippen molar-refractivity contribution in [2.24, 2.45) is 11.7 Å². The van der Waals surface area contributed by atoms with Crippen molar-refractivity contribution in [3.63, 3.8) is 0 Å². The third kappa shape index (κ3) is 2.72. The number of nitrogens with one attached hydrogen (secondary N) is 1. The molecule has 1 aliphatic carbocycles. The van der Waals surface area contributed by atoms with Crippen LogP contribution < -0.4 is 11.1 Å². The maximum atomic E-state index is 11.6. The summed E-state index contributed by atoms with van der Waals surface area (Å²) in [5.41, 5.74) is 5.68. The molecule has 2 amide bonds. The minimum Gasteiger partial charge on any atom is -0.354 e. The normalized spacial score (nSPS) is 25.7. The summed E-state index contributed by atoms with van der Waals surface area (Å²) in [4.78, 5) is 24.7. The molecule has 3 N–H and O–H groups in total. The monoisotopic (exact) mass is 225 g/mol. The Morgan fingerprint density at radius 3 is 2.88 bits per heavy atom. The van der Waals surface area contributed by atoms with Crippen LogP contribution in [0.2, 0.25) is 0 Å². The highest BCUT2D eigenvalue weighted by Crippen LogP contribution is 2.28. The molecule has 2 aliphatic rings. The summed E-state index contributed by atoms with van der Waals surface area (Å²) < 4.78 is 0. The van der Waals surface area contributed by atoms with E-state index in [1.54, 1.807) is 4.90 Å². The molecule has 0 spiro atoms. The molecule has 1 aliphatic heterocycles. The van der Waals surface area contributed by atoms with Crippen molar-refractivity contribution in [2.45, 2.75) is 31.7 Å². The smallest absolute Gasteiger partial charge is 0.239 e. The Kier molecular flexibility index (Phi) is 3.43. The second-order valence-electron chi connectivity index (χ2n) is 4.64. The molecule has 5 nitrogen and oxygen atoms in total. The molecular weight excluding hydrogens is 206 g/mol. The third-order valence-electron chi connectivity index (χ3n) is 3.20. The van der Waals surface area contributed by atoms with Crippen LogP contribution in [0.1, 0.15) is 25.7 Å². The van der Waals surface area contributed by atoms with Gasteiger partial charge in [0, 0.05) is 25.6 Å². The van der Waals surface area contributed by atoms with Gasteiger partial charge in [0.05, 0.1) is 6.04 Å². The van der Waals surface area contributed by atoms with Gasteiger partial charge in [0.25, 0.3) is 0 Å². The highest BCUT2D eigenvalue weighted by Gasteiger charge is 2.30. The predicted octanol–water partition coefficient (Wildman–Crippen LogP) is -0.538. The largest absolute Gasteiger partial charge is 0.354 e. The zero-order valence-electron chi connectivity index (χ0n) is 9.45. The molecule has 1 saturated heterocycles. The summed E-state index contributed by atoms with van der Waals surface area (Å²) in [7, 11) is 0. The lowest BCUT2D eigenvalue weighted by atomic mass is 10.1. The average molecular weight is 225 g/mol. The summed E-state index contributed by atoms with van der Waals surface area (Å²) >= 11 is 0. The molecule has 2 rings (SSSR count). The van der Waals surface area contributed by atoms with E-state index in [4.69, 9.17) is 5.73 Å². The molecule has 16 heavy (non-hydrogen) atoms. The van der Waals surface area contributed by atoms with Gasteiger partial charge in [-0.2, -0.15) is 0 Å². The molecule has 0 radical (unpaired) electrons. The van der Waals surface area contributed by atoms with Gasteiger partial charge in [-0.05, 0) is 25.7 Å². The third-order valence-corrected chi connectivity index (χ3v) is 3.20. The number of nitrogens with two attached hydrogens (primary N) is 1. The molecule has 2 fully saturated rings. The topological polar surface area (TPSA) is 75.4 Å². The van der Waals surface area contributed by atoms with E-state index in [9.17, 15) is 9.59 Å². The Labute approximate surface area is 95.3 Å². The number of rotatable bonds is 4. The number of piperidine rings is 1. The van der Waals surface area contributed by atoms with Gasteiger partial charge in [-0.15, -0.1) is 0 Å². The number of hydrogen-bond acceptors (Lipinski definition) is 3. The predicted molar refractivity (Wildman–Crippen MR) is 59.5 cm³/mol. The lowest BCUT2D eigenvalue weighted by Crippen LogP contribution is -2.50. The number of hydrogen-bond donors (Lipinski definition) is 2. The molecular formula is C11H19N3O2. The first-order valence-electron chi connectivity index (χ1n) is 6.00. The summed E-state index contributed by atoms with van der Waals surface area (Å²) in [6.07, 6.45) is 3.77. The Hall–Kier alpha value is -1.10. The summed E-state index contributed by atoms with van der Waals surface area (Å²) in [5.74, 6) is 0.389. The molecule has 0 aromatic carbocycles. The Bertz CT molecular complexity index is 289. The van der Waals surface area contributed by atoms with Gasteiger partial charge in [-0.3, -0.25) is 9.59 Å². The van der Waals surface area contributed by atoms with Crippen LogP contribution in [0.25, 0.3) is 0 Å². The van der Waals surface area contributed by atoms with Crippen LogP contribution in [0.15, 0.2) is 0 Å². The fraction of sp³-hybridized carbons (Fsp3) is 0.818. The second-order valence-corrected chi connectivity index (χ2v) is 4.64. The molecule has 0 bridgehead atoms. The van der Waals surface area contributed by atoms with Gasteiger partial charge >= 0.3 is 0 Å². The van der Waals surface area contributed by atoms with E-state index in [-0.39, 0.29) is 23.8 Å². The van der Waals surface area contributed by atoms with Crippen LogP contribution in [0.3, 0.4) is 0 Å².